The van der Waals surface area contributed by atoms with Gasteiger partial charge in [0, 0.05) is 0 Å². The molecule has 0 atom stereocenters. The molecular weight excluding hydrogens is 452 g/mol. The second-order valence-corrected chi connectivity index (χ2v) is 7.86. The van der Waals surface area contributed by atoms with Gasteiger partial charge in [-0.15, -0.1) is 0 Å². The Kier molecular flexibility index (Phi) is 6.43. The number of fused-ring (bicyclic) bond motifs is 1. The lowest BCUT2D eigenvalue weighted by Crippen LogP contribution is -2.25. The number of halogens is 1. The van der Waals surface area contributed by atoms with E-state index in [1.54, 1.807) is 0 Å². The van der Waals surface area contributed by atoms with Crippen molar-refractivity contribution < 1.29 is 9.53 Å². The van der Waals surface area contributed by atoms with Gasteiger partial charge >= 0.3 is 0 Å². The Hall–Kier alpha value is -3.44. The van der Waals surface area contributed by atoms with Crippen LogP contribution in [0, 0.1) is 0 Å². The van der Waals surface area contributed by atoms with E-state index >= 15 is 0 Å². The molecule has 31 heavy (non-hydrogen) atoms. The molecule has 4 aromatic carbocycles. The van der Waals surface area contributed by atoms with Gasteiger partial charge < -0.3 is 4.74 Å². The average Bonchev–Trinajstić information content (AvgIpc) is 2.83. The number of carbonyl (C=O) groups excluding carboxylic acids is 1. The van der Waals surface area contributed by atoms with Crippen molar-refractivity contribution in [2.24, 2.45) is 5.10 Å². The lowest BCUT2D eigenvalue weighted by atomic mass is 10.0. The van der Waals surface area contributed by atoms with Crippen LogP contribution in [0.1, 0.15) is 12.5 Å². The first-order valence-corrected chi connectivity index (χ1v) is 10.7. The number of nitrogens with one attached hydrogen (secondary N) is 1. The maximum absolute atomic E-state index is 12.2. The lowest BCUT2D eigenvalue weighted by molar-refractivity contribution is -0.123. The van der Waals surface area contributed by atoms with Crippen LogP contribution in [0.2, 0.25) is 0 Å². The van der Waals surface area contributed by atoms with Gasteiger partial charge in [0.05, 0.1) is 10.2 Å². The summed E-state index contributed by atoms with van der Waals surface area (Å²) in [7, 11) is 0. The Balaban J connectivity index is 1.36. The summed E-state index contributed by atoms with van der Waals surface area (Å²) in [5.41, 5.74) is 6.52. The molecular formula is C26H21BrN2O2. The van der Waals surface area contributed by atoms with Crippen molar-refractivity contribution in [3.05, 3.63) is 101 Å². The van der Waals surface area contributed by atoms with Crippen LogP contribution in [0.3, 0.4) is 0 Å². The molecule has 5 heteroatoms. The number of carbonyl (C=O) groups is 1. The van der Waals surface area contributed by atoms with Crippen LogP contribution in [-0.4, -0.2) is 18.2 Å². The van der Waals surface area contributed by atoms with E-state index in [9.17, 15) is 4.79 Å². The van der Waals surface area contributed by atoms with Gasteiger partial charge in [-0.25, -0.2) is 5.43 Å². The molecule has 0 spiro atoms. The van der Waals surface area contributed by atoms with E-state index < -0.39 is 0 Å². The topological polar surface area (TPSA) is 50.7 Å². The van der Waals surface area contributed by atoms with Crippen LogP contribution in [0.15, 0.2) is 101 Å². The van der Waals surface area contributed by atoms with Crippen molar-refractivity contribution in [2.45, 2.75) is 6.92 Å². The average molecular weight is 473 g/mol. The number of hydrogen-bond donors (Lipinski definition) is 1. The van der Waals surface area contributed by atoms with Crippen LogP contribution in [0.25, 0.3) is 21.9 Å². The van der Waals surface area contributed by atoms with Gasteiger partial charge in [0.2, 0.25) is 0 Å². The third-order valence-electron chi connectivity index (χ3n) is 4.94. The second-order valence-electron chi connectivity index (χ2n) is 7.06. The second kappa shape index (κ2) is 9.58. The Labute approximate surface area is 189 Å². The fourth-order valence-corrected chi connectivity index (χ4v) is 3.85. The monoisotopic (exact) mass is 472 g/mol. The molecule has 0 aromatic heterocycles. The summed E-state index contributed by atoms with van der Waals surface area (Å²) in [5.74, 6) is 0.298. The van der Waals surface area contributed by atoms with E-state index in [0.717, 1.165) is 37.6 Å². The standard InChI is InChI=1S/C26H21BrN2O2/c1-18(19-11-13-21(14-12-19)20-7-3-2-4-8-20)28-29-25(30)17-31-24-16-15-22-9-5-6-10-23(22)26(24)27/h2-16H,17H2,1H3,(H,29,30)/b28-18+. The molecule has 0 unspecified atom stereocenters. The van der Waals surface area contributed by atoms with Crippen molar-refractivity contribution in [1.82, 2.24) is 5.43 Å². The van der Waals surface area contributed by atoms with Crippen LogP contribution in [0.5, 0.6) is 5.75 Å². The third-order valence-corrected chi connectivity index (χ3v) is 5.76. The molecule has 4 nitrogen and oxygen atoms in total. The van der Waals surface area contributed by atoms with Gasteiger partial charge in [-0.3, -0.25) is 4.79 Å². The van der Waals surface area contributed by atoms with Crippen LogP contribution in [0.4, 0.5) is 0 Å². The summed E-state index contributed by atoms with van der Waals surface area (Å²) >= 11 is 3.56. The zero-order valence-corrected chi connectivity index (χ0v) is 18.6. The highest BCUT2D eigenvalue weighted by atomic mass is 79.9. The van der Waals surface area contributed by atoms with E-state index in [4.69, 9.17) is 4.74 Å². The highest BCUT2D eigenvalue weighted by Crippen LogP contribution is 2.32. The van der Waals surface area contributed by atoms with Crippen molar-refractivity contribution in [1.29, 1.82) is 0 Å². The highest BCUT2D eigenvalue weighted by Gasteiger charge is 2.09. The number of nitrogens with zero attached hydrogens (tertiary/aromatic N) is 1. The van der Waals surface area contributed by atoms with Gasteiger partial charge in [0.15, 0.2) is 6.61 Å². The Morgan fingerprint density at radius 3 is 2.32 bits per heavy atom. The van der Waals surface area contributed by atoms with Gasteiger partial charge in [-0.05, 0) is 56.4 Å². The minimum Gasteiger partial charge on any atom is -0.483 e. The van der Waals surface area contributed by atoms with Crippen LogP contribution in [-0.2, 0) is 4.79 Å². The molecule has 0 saturated carbocycles. The van der Waals surface area contributed by atoms with E-state index in [-0.39, 0.29) is 12.5 Å². The predicted octanol–water partition coefficient (Wildman–Crippen LogP) is 6.19. The van der Waals surface area contributed by atoms with Crippen molar-refractivity contribution in [3.63, 3.8) is 0 Å². The van der Waals surface area contributed by atoms with Gasteiger partial charge in [-0.1, -0.05) is 84.9 Å². The van der Waals surface area contributed by atoms with E-state index in [1.807, 2.05) is 85.8 Å². The zero-order valence-electron chi connectivity index (χ0n) is 17.0. The third kappa shape index (κ3) is 5.01. The number of rotatable bonds is 6. The molecule has 0 aliphatic rings. The molecule has 4 aromatic rings. The molecule has 0 fully saturated rings. The maximum Gasteiger partial charge on any atom is 0.277 e. The van der Waals surface area contributed by atoms with Crippen LogP contribution < -0.4 is 10.2 Å². The zero-order chi connectivity index (χ0) is 21.6. The SMILES string of the molecule is C/C(=N\NC(=O)COc1ccc2ccccc2c1Br)c1ccc(-c2ccccc2)cc1. The molecule has 0 bridgehead atoms. The minimum atomic E-state index is -0.319. The highest BCUT2D eigenvalue weighted by molar-refractivity contribution is 9.10. The van der Waals surface area contributed by atoms with Gasteiger partial charge in [-0.2, -0.15) is 5.10 Å². The summed E-state index contributed by atoms with van der Waals surface area (Å²) < 4.78 is 6.51. The minimum absolute atomic E-state index is 0.124. The molecule has 0 heterocycles. The van der Waals surface area contributed by atoms with E-state index in [1.165, 1.54) is 0 Å². The number of ether oxygens (including phenoxy) is 1. The predicted molar refractivity (Wildman–Crippen MR) is 129 cm³/mol. The smallest absolute Gasteiger partial charge is 0.277 e. The maximum atomic E-state index is 12.2. The summed E-state index contributed by atoms with van der Waals surface area (Å²) in [4.78, 5) is 12.2. The van der Waals surface area contributed by atoms with Gasteiger partial charge in [0.1, 0.15) is 5.75 Å². The molecule has 0 aliphatic carbocycles. The first-order valence-electron chi connectivity index (χ1n) is 9.91. The lowest BCUT2D eigenvalue weighted by Gasteiger charge is -2.10. The van der Waals surface area contributed by atoms with Crippen molar-refractivity contribution in [3.8, 4) is 16.9 Å². The number of benzene rings is 4. The molecule has 1 amide bonds. The van der Waals surface area contributed by atoms with E-state index in [0.29, 0.717) is 5.75 Å². The molecule has 0 saturated heterocycles. The Bertz CT molecular complexity index is 1240. The molecule has 0 aliphatic heterocycles. The van der Waals surface area contributed by atoms with Crippen molar-refractivity contribution in [2.75, 3.05) is 6.61 Å². The molecule has 0 radical (unpaired) electrons. The molecule has 4 rings (SSSR count). The Morgan fingerprint density at radius 1 is 0.871 bits per heavy atom. The van der Waals surface area contributed by atoms with Crippen molar-refractivity contribution >= 4 is 38.3 Å². The Morgan fingerprint density at radius 2 is 1.55 bits per heavy atom. The first kappa shape index (κ1) is 20.8. The van der Waals surface area contributed by atoms with Gasteiger partial charge in [0.25, 0.3) is 5.91 Å². The molecule has 154 valence electrons. The molecule has 1 N–H and O–H groups in total. The number of hydrogen-bond acceptors (Lipinski definition) is 3. The quantitative estimate of drug-likeness (QED) is 0.268. The summed E-state index contributed by atoms with van der Waals surface area (Å²) in [6.07, 6.45) is 0. The normalized spacial score (nSPS) is 11.4. The number of amides is 1. The fraction of sp³-hybridized carbons (Fsp3) is 0.0769. The first-order chi connectivity index (χ1) is 15.1. The summed E-state index contributed by atoms with van der Waals surface area (Å²) in [5, 5.41) is 6.34. The summed E-state index contributed by atoms with van der Waals surface area (Å²) in [6, 6.07) is 30.1. The fourth-order valence-electron chi connectivity index (χ4n) is 3.25. The van der Waals surface area contributed by atoms with Crippen LogP contribution >= 0.6 is 15.9 Å². The summed E-state index contributed by atoms with van der Waals surface area (Å²) in [6.45, 7) is 1.74. The van der Waals surface area contributed by atoms with E-state index in [2.05, 4.69) is 38.6 Å². The number of hydrazone groups is 1. The largest absolute Gasteiger partial charge is 0.483 e.